The van der Waals surface area contributed by atoms with Crippen LogP contribution in [0.5, 0.6) is 5.75 Å². The molecule has 0 aliphatic carbocycles. The van der Waals surface area contributed by atoms with Gasteiger partial charge in [-0.25, -0.2) is 23.5 Å². The molecule has 0 aliphatic rings. The van der Waals surface area contributed by atoms with Gasteiger partial charge >= 0.3 is 5.69 Å². The van der Waals surface area contributed by atoms with Gasteiger partial charge in [0.1, 0.15) is 17.7 Å². The largest absolute Gasteiger partial charge is 0.490 e. The third-order valence-corrected chi connectivity index (χ3v) is 5.78. The number of aromatic amines is 1. The van der Waals surface area contributed by atoms with Crippen LogP contribution < -0.4 is 10.4 Å². The number of nitriles is 1. The zero-order chi connectivity index (χ0) is 29.2. The topological polar surface area (TPSA) is 114 Å². The summed E-state index contributed by atoms with van der Waals surface area (Å²) in [4.78, 5) is 29.4. The SMILES string of the molecule is C#C.CC.CCOc1c(F)cccc1Cn1c(=O)[nH]c2c(CCCC#N)nc(-n3cnc4ccc(F)cc43)nc21. The lowest BCUT2D eigenvalue weighted by Crippen LogP contribution is -2.18. The molecule has 0 saturated heterocycles. The van der Waals surface area contributed by atoms with Gasteiger partial charge in [-0.05, 0) is 38.0 Å². The minimum atomic E-state index is -0.526. The van der Waals surface area contributed by atoms with Crippen molar-refractivity contribution in [1.29, 1.82) is 5.26 Å². The van der Waals surface area contributed by atoms with E-state index in [9.17, 15) is 13.6 Å². The first-order chi connectivity index (χ1) is 19.5. The summed E-state index contributed by atoms with van der Waals surface area (Å²) in [6.45, 7) is 6.01. The van der Waals surface area contributed by atoms with Gasteiger partial charge in [0, 0.05) is 18.1 Å². The molecule has 3 heterocycles. The first-order valence-corrected chi connectivity index (χ1v) is 12.7. The Labute approximate surface area is 230 Å². The molecule has 206 valence electrons. The van der Waals surface area contributed by atoms with E-state index >= 15 is 0 Å². The monoisotopic (exact) mass is 545 g/mol. The Morgan fingerprint density at radius 3 is 2.65 bits per heavy atom. The molecule has 3 aromatic heterocycles. The molecule has 0 saturated carbocycles. The second-order valence-corrected chi connectivity index (χ2v) is 8.11. The number of imidazole rings is 2. The molecular weight excluding hydrogens is 516 g/mol. The minimum Gasteiger partial charge on any atom is -0.490 e. The van der Waals surface area contributed by atoms with E-state index < -0.39 is 17.3 Å². The molecule has 11 heteroatoms. The van der Waals surface area contributed by atoms with Gasteiger partial charge in [-0.2, -0.15) is 10.2 Å². The van der Waals surface area contributed by atoms with Crippen LogP contribution >= 0.6 is 0 Å². The lowest BCUT2D eigenvalue weighted by atomic mass is 10.1. The fourth-order valence-corrected chi connectivity index (χ4v) is 4.14. The molecule has 2 aromatic carbocycles. The summed E-state index contributed by atoms with van der Waals surface area (Å²) in [7, 11) is 0. The zero-order valence-electron chi connectivity index (χ0n) is 22.5. The second-order valence-electron chi connectivity index (χ2n) is 8.11. The highest BCUT2D eigenvalue weighted by Crippen LogP contribution is 2.26. The minimum absolute atomic E-state index is 0.000675. The fourth-order valence-electron chi connectivity index (χ4n) is 4.14. The molecule has 1 N–H and O–H groups in total. The van der Waals surface area contributed by atoms with E-state index in [1.54, 1.807) is 29.7 Å². The van der Waals surface area contributed by atoms with E-state index in [0.29, 0.717) is 52.7 Å². The van der Waals surface area contributed by atoms with Gasteiger partial charge in [0.15, 0.2) is 17.2 Å². The van der Waals surface area contributed by atoms with Crippen molar-refractivity contribution in [2.24, 2.45) is 0 Å². The van der Waals surface area contributed by atoms with Gasteiger partial charge in [0.2, 0.25) is 5.95 Å². The average Bonchev–Trinajstić information content (AvgIpc) is 3.53. The van der Waals surface area contributed by atoms with Crippen LogP contribution in [0.2, 0.25) is 0 Å². The molecule has 5 aromatic rings. The Balaban J connectivity index is 0.00000106. The van der Waals surface area contributed by atoms with Gasteiger partial charge in [-0.1, -0.05) is 26.0 Å². The van der Waals surface area contributed by atoms with Crippen LogP contribution in [0.15, 0.2) is 47.5 Å². The summed E-state index contributed by atoms with van der Waals surface area (Å²) < 4.78 is 36.8. The number of nitrogens with one attached hydrogen (secondary N) is 1. The molecule has 0 unspecified atom stereocenters. The lowest BCUT2D eigenvalue weighted by Gasteiger charge is -2.12. The molecular formula is C29H29F2N7O2. The predicted octanol–water partition coefficient (Wildman–Crippen LogP) is 5.31. The summed E-state index contributed by atoms with van der Waals surface area (Å²) in [5, 5.41) is 8.98. The summed E-state index contributed by atoms with van der Waals surface area (Å²) >= 11 is 0. The number of unbranched alkanes of at least 4 members (excludes halogenated alkanes) is 1. The molecule has 0 radical (unpaired) electrons. The smallest absolute Gasteiger partial charge is 0.328 e. The number of benzene rings is 2. The van der Waals surface area contributed by atoms with Gasteiger partial charge in [0.05, 0.1) is 35.9 Å². The van der Waals surface area contributed by atoms with E-state index in [0.717, 1.165) is 0 Å². The summed E-state index contributed by atoms with van der Waals surface area (Å²) in [5.41, 5.74) is 2.29. The Bertz CT molecular complexity index is 1730. The van der Waals surface area contributed by atoms with Crippen molar-refractivity contribution in [3.63, 3.8) is 0 Å². The molecule has 0 fully saturated rings. The lowest BCUT2D eigenvalue weighted by molar-refractivity contribution is 0.317. The maximum atomic E-state index is 14.4. The molecule has 9 nitrogen and oxygen atoms in total. The van der Waals surface area contributed by atoms with Crippen molar-refractivity contribution in [1.82, 2.24) is 29.1 Å². The van der Waals surface area contributed by atoms with E-state index in [2.05, 4.69) is 38.9 Å². The van der Waals surface area contributed by atoms with Crippen LogP contribution in [0, 0.1) is 35.8 Å². The van der Waals surface area contributed by atoms with Crippen LogP contribution in [0.25, 0.3) is 28.1 Å². The number of aromatic nitrogens is 6. The highest BCUT2D eigenvalue weighted by molar-refractivity contribution is 5.78. The molecule has 5 rings (SSSR count). The number of hydrogen-bond donors (Lipinski definition) is 1. The van der Waals surface area contributed by atoms with Gasteiger partial charge in [0.25, 0.3) is 0 Å². The van der Waals surface area contributed by atoms with Crippen molar-refractivity contribution in [2.45, 2.75) is 46.6 Å². The first-order valence-electron chi connectivity index (χ1n) is 12.7. The molecule has 0 amide bonds. The number of aryl methyl sites for hydroxylation is 1. The maximum Gasteiger partial charge on any atom is 0.328 e. The summed E-state index contributed by atoms with van der Waals surface area (Å²) in [6.07, 6.45) is 10.7. The van der Waals surface area contributed by atoms with E-state index in [-0.39, 0.29) is 24.8 Å². The van der Waals surface area contributed by atoms with Crippen molar-refractivity contribution in [3.05, 3.63) is 76.1 Å². The number of rotatable bonds is 8. The van der Waals surface area contributed by atoms with Gasteiger partial charge in [-0.15, -0.1) is 12.8 Å². The molecule has 0 atom stereocenters. The Morgan fingerprint density at radius 2 is 1.93 bits per heavy atom. The Hall–Kier alpha value is -5.03. The number of ether oxygens (including phenoxy) is 1. The fraction of sp³-hybridized carbons (Fsp3) is 0.276. The van der Waals surface area contributed by atoms with Gasteiger partial charge < -0.3 is 9.72 Å². The molecule has 0 bridgehead atoms. The van der Waals surface area contributed by atoms with Crippen molar-refractivity contribution in [2.75, 3.05) is 6.61 Å². The van der Waals surface area contributed by atoms with E-state index in [1.165, 1.54) is 29.1 Å². The van der Waals surface area contributed by atoms with Crippen LogP contribution in [-0.4, -0.2) is 35.7 Å². The quantitative estimate of drug-likeness (QED) is 0.209. The predicted molar refractivity (Wildman–Crippen MR) is 149 cm³/mol. The maximum absolute atomic E-state index is 14.4. The van der Waals surface area contributed by atoms with Crippen LogP contribution in [0.1, 0.15) is 44.9 Å². The van der Waals surface area contributed by atoms with Crippen LogP contribution in [0.4, 0.5) is 8.78 Å². The van der Waals surface area contributed by atoms with E-state index in [1.807, 2.05) is 13.8 Å². The van der Waals surface area contributed by atoms with Crippen molar-refractivity contribution < 1.29 is 13.5 Å². The molecule has 40 heavy (non-hydrogen) atoms. The Kier molecular flexibility index (Phi) is 10.1. The van der Waals surface area contributed by atoms with Crippen molar-refractivity contribution >= 4 is 22.2 Å². The summed E-state index contributed by atoms with van der Waals surface area (Å²) in [5.74, 6) is -0.699. The third kappa shape index (κ3) is 6.00. The second kappa shape index (κ2) is 13.7. The number of H-pyrrole nitrogens is 1. The van der Waals surface area contributed by atoms with E-state index in [4.69, 9.17) is 10.00 Å². The number of halogens is 2. The first kappa shape index (κ1) is 29.5. The molecule has 0 aliphatic heterocycles. The number of fused-ring (bicyclic) bond motifs is 2. The Morgan fingerprint density at radius 1 is 1.15 bits per heavy atom. The number of hydrogen-bond acceptors (Lipinski definition) is 6. The standard InChI is InChI=1S/C25H21F2N7O2.C2H6.C2H2/c1-2-36-22-15(6-5-7-17(22)27)13-33-23-21(31-25(33)35)19(8-3-4-11-28)30-24(32-23)34-14-29-18-10-9-16(26)12-20(18)34;2*1-2/h5-7,9-10,12,14H,2-4,8,13H2,1H3,(H,31,35);1-2H3;1-2H. The third-order valence-electron chi connectivity index (χ3n) is 5.78. The average molecular weight is 546 g/mol. The number of para-hydroxylation sites is 1. The number of terminal acetylenes is 1. The highest BCUT2D eigenvalue weighted by atomic mass is 19.1. The number of nitrogens with zero attached hydrogens (tertiary/aromatic N) is 6. The normalized spacial score (nSPS) is 10.3. The van der Waals surface area contributed by atoms with Gasteiger partial charge in [-0.3, -0.25) is 9.13 Å². The zero-order valence-corrected chi connectivity index (χ0v) is 22.5. The highest BCUT2D eigenvalue weighted by Gasteiger charge is 2.19. The summed E-state index contributed by atoms with van der Waals surface area (Å²) in [6, 6.07) is 10.8. The van der Waals surface area contributed by atoms with Crippen molar-refractivity contribution in [3.8, 4) is 30.6 Å². The molecule has 0 spiro atoms. The van der Waals surface area contributed by atoms with Crippen LogP contribution in [0.3, 0.4) is 0 Å². The van der Waals surface area contributed by atoms with Crippen LogP contribution in [-0.2, 0) is 13.0 Å².